The smallest absolute Gasteiger partial charge is 0.338 e. The first-order valence-corrected chi connectivity index (χ1v) is 6.78. The standard InChI is InChI=1S/C14H21N3O4/c1-4-8-16(10-9-15(2)3)13-11(14(18)19)6-5-7-12(13)17(20)21/h5-7H,4,8-10H2,1-3H3,(H,18,19). The van der Waals surface area contributed by atoms with E-state index in [1.807, 2.05) is 25.9 Å². The summed E-state index contributed by atoms with van der Waals surface area (Å²) < 4.78 is 0. The van der Waals surface area contributed by atoms with Crippen LogP contribution in [0.1, 0.15) is 23.7 Å². The van der Waals surface area contributed by atoms with E-state index in [0.717, 1.165) is 6.42 Å². The number of anilines is 1. The van der Waals surface area contributed by atoms with Gasteiger partial charge >= 0.3 is 5.97 Å². The molecular weight excluding hydrogens is 274 g/mol. The van der Waals surface area contributed by atoms with Crippen LogP contribution in [0.15, 0.2) is 18.2 Å². The minimum Gasteiger partial charge on any atom is -0.478 e. The van der Waals surface area contributed by atoms with E-state index < -0.39 is 10.9 Å². The lowest BCUT2D eigenvalue weighted by atomic mass is 10.1. The molecule has 1 rings (SSSR count). The molecule has 7 heteroatoms. The van der Waals surface area contributed by atoms with Crippen molar-refractivity contribution in [2.75, 3.05) is 38.6 Å². The molecule has 0 spiro atoms. The number of hydrogen-bond donors (Lipinski definition) is 1. The second-order valence-electron chi connectivity index (χ2n) is 5.03. The number of nitro groups is 1. The maximum Gasteiger partial charge on any atom is 0.338 e. The molecule has 7 nitrogen and oxygen atoms in total. The molecule has 0 heterocycles. The van der Waals surface area contributed by atoms with Crippen molar-refractivity contribution in [2.24, 2.45) is 0 Å². The zero-order chi connectivity index (χ0) is 16.0. The van der Waals surface area contributed by atoms with Crippen LogP contribution in [0.4, 0.5) is 11.4 Å². The van der Waals surface area contributed by atoms with Crippen molar-refractivity contribution in [1.82, 2.24) is 4.90 Å². The van der Waals surface area contributed by atoms with Crippen LogP contribution >= 0.6 is 0 Å². The molecule has 0 aliphatic carbocycles. The number of carbonyl (C=O) groups is 1. The Morgan fingerprint density at radius 1 is 1.29 bits per heavy atom. The van der Waals surface area contributed by atoms with Crippen LogP contribution in [0.2, 0.25) is 0 Å². The predicted octanol–water partition coefficient (Wildman–Crippen LogP) is 2.07. The predicted molar refractivity (Wildman–Crippen MR) is 81.1 cm³/mol. The maximum absolute atomic E-state index is 11.4. The van der Waals surface area contributed by atoms with Crippen molar-refractivity contribution in [2.45, 2.75) is 13.3 Å². The summed E-state index contributed by atoms with van der Waals surface area (Å²) >= 11 is 0. The molecule has 0 amide bonds. The molecule has 0 aliphatic rings. The number of benzene rings is 1. The highest BCUT2D eigenvalue weighted by Gasteiger charge is 2.25. The van der Waals surface area contributed by atoms with Crippen molar-refractivity contribution >= 4 is 17.3 Å². The first kappa shape index (κ1) is 16.9. The third-order valence-electron chi connectivity index (χ3n) is 3.07. The highest BCUT2D eigenvalue weighted by Crippen LogP contribution is 2.32. The Morgan fingerprint density at radius 2 is 1.95 bits per heavy atom. The first-order valence-electron chi connectivity index (χ1n) is 6.78. The summed E-state index contributed by atoms with van der Waals surface area (Å²) in [4.78, 5) is 25.8. The molecular formula is C14H21N3O4. The molecule has 21 heavy (non-hydrogen) atoms. The quantitative estimate of drug-likeness (QED) is 0.583. The first-order chi connectivity index (χ1) is 9.88. The van der Waals surface area contributed by atoms with Crippen molar-refractivity contribution in [3.63, 3.8) is 0 Å². The zero-order valence-electron chi connectivity index (χ0n) is 12.6. The molecule has 1 N–H and O–H groups in total. The number of likely N-dealkylation sites (N-methyl/N-ethyl adjacent to an activating group) is 1. The number of aromatic carboxylic acids is 1. The molecule has 0 saturated heterocycles. The van der Waals surface area contributed by atoms with Crippen LogP contribution in [-0.4, -0.2) is 54.6 Å². The Labute approximate surface area is 123 Å². The Balaban J connectivity index is 3.31. The summed E-state index contributed by atoms with van der Waals surface area (Å²) in [5.74, 6) is -1.15. The molecule has 0 radical (unpaired) electrons. The molecule has 0 bridgehead atoms. The number of rotatable bonds is 8. The summed E-state index contributed by atoms with van der Waals surface area (Å²) in [7, 11) is 3.81. The van der Waals surface area contributed by atoms with E-state index in [4.69, 9.17) is 0 Å². The third-order valence-corrected chi connectivity index (χ3v) is 3.07. The number of hydrogen-bond acceptors (Lipinski definition) is 5. The van der Waals surface area contributed by atoms with Crippen molar-refractivity contribution in [1.29, 1.82) is 0 Å². The van der Waals surface area contributed by atoms with E-state index >= 15 is 0 Å². The van der Waals surface area contributed by atoms with Gasteiger partial charge in [0.15, 0.2) is 0 Å². The molecule has 1 aromatic carbocycles. The van der Waals surface area contributed by atoms with E-state index in [1.165, 1.54) is 18.2 Å². The topological polar surface area (TPSA) is 86.9 Å². The lowest BCUT2D eigenvalue weighted by molar-refractivity contribution is -0.384. The Bertz CT molecular complexity index is 485. The van der Waals surface area contributed by atoms with Gasteiger partial charge in [0.25, 0.3) is 5.69 Å². The van der Waals surface area contributed by atoms with Gasteiger partial charge in [-0.2, -0.15) is 0 Å². The molecule has 0 unspecified atom stereocenters. The minimum absolute atomic E-state index is 0.0311. The average molecular weight is 295 g/mol. The van der Waals surface area contributed by atoms with E-state index in [9.17, 15) is 20.0 Å². The van der Waals surface area contributed by atoms with Crippen LogP contribution in [-0.2, 0) is 0 Å². The zero-order valence-corrected chi connectivity index (χ0v) is 12.6. The molecule has 116 valence electrons. The molecule has 0 aromatic heterocycles. The van der Waals surface area contributed by atoms with E-state index in [1.54, 1.807) is 4.90 Å². The summed E-state index contributed by atoms with van der Waals surface area (Å²) in [6.45, 7) is 3.74. The van der Waals surface area contributed by atoms with Gasteiger partial charge in [-0.1, -0.05) is 13.0 Å². The monoisotopic (exact) mass is 295 g/mol. The third kappa shape index (κ3) is 4.42. The second kappa shape index (κ2) is 7.58. The van der Waals surface area contributed by atoms with E-state index in [2.05, 4.69) is 0 Å². The van der Waals surface area contributed by atoms with E-state index in [0.29, 0.717) is 19.6 Å². The van der Waals surface area contributed by atoms with Gasteiger partial charge in [-0.05, 0) is 26.6 Å². The summed E-state index contributed by atoms with van der Waals surface area (Å²) in [6, 6.07) is 4.16. The second-order valence-corrected chi connectivity index (χ2v) is 5.03. The van der Waals surface area contributed by atoms with Crippen LogP contribution in [0.25, 0.3) is 0 Å². The Hall–Kier alpha value is -2.15. The molecule has 0 atom stereocenters. The molecule has 0 aliphatic heterocycles. The number of nitro benzene ring substituents is 1. The highest BCUT2D eigenvalue weighted by molar-refractivity contribution is 5.97. The van der Waals surface area contributed by atoms with Crippen molar-refractivity contribution in [3.8, 4) is 0 Å². The SMILES string of the molecule is CCCN(CCN(C)C)c1c(C(=O)O)cccc1[N+](=O)[O-]. The Morgan fingerprint density at radius 3 is 2.43 bits per heavy atom. The average Bonchev–Trinajstić information content (AvgIpc) is 2.42. The fourth-order valence-electron chi connectivity index (χ4n) is 2.11. The lowest BCUT2D eigenvalue weighted by Crippen LogP contribution is -2.33. The van der Waals surface area contributed by atoms with Crippen LogP contribution in [0.5, 0.6) is 0 Å². The van der Waals surface area contributed by atoms with Crippen LogP contribution in [0.3, 0.4) is 0 Å². The fourth-order valence-corrected chi connectivity index (χ4v) is 2.11. The minimum atomic E-state index is -1.15. The molecule has 0 fully saturated rings. The van der Waals surface area contributed by atoms with Gasteiger partial charge < -0.3 is 14.9 Å². The highest BCUT2D eigenvalue weighted by atomic mass is 16.6. The summed E-state index contributed by atoms with van der Waals surface area (Å²) in [6.07, 6.45) is 0.776. The number of carboxylic acid groups (broad SMARTS) is 1. The summed E-state index contributed by atoms with van der Waals surface area (Å²) in [5, 5.41) is 20.5. The van der Waals surface area contributed by atoms with E-state index in [-0.39, 0.29) is 16.9 Å². The molecule has 0 saturated carbocycles. The number of nitrogens with zero attached hydrogens (tertiary/aromatic N) is 3. The lowest BCUT2D eigenvalue weighted by Gasteiger charge is -2.26. The van der Waals surface area contributed by atoms with Crippen molar-refractivity contribution in [3.05, 3.63) is 33.9 Å². The summed E-state index contributed by atoms with van der Waals surface area (Å²) in [5.41, 5.74) is -0.00258. The van der Waals surface area contributed by atoms with Gasteiger partial charge in [0.1, 0.15) is 5.69 Å². The van der Waals surface area contributed by atoms with Gasteiger partial charge in [0.05, 0.1) is 10.5 Å². The van der Waals surface area contributed by atoms with Gasteiger partial charge in [-0.15, -0.1) is 0 Å². The van der Waals surface area contributed by atoms with Gasteiger partial charge in [-0.3, -0.25) is 10.1 Å². The van der Waals surface area contributed by atoms with Crippen LogP contribution < -0.4 is 4.90 Å². The normalized spacial score (nSPS) is 10.7. The van der Waals surface area contributed by atoms with Gasteiger partial charge in [0, 0.05) is 25.7 Å². The van der Waals surface area contributed by atoms with Crippen molar-refractivity contribution < 1.29 is 14.8 Å². The van der Waals surface area contributed by atoms with Gasteiger partial charge in [-0.25, -0.2) is 4.79 Å². The fraction of sp³-hybridized carbons (Fsp3) is 0.500. The number of para-hydroxylation sites is 1. The Kier molecular flexibility index (Phi) is 6.10. The van der Waals surface area contributed by atoms with Crippen LogP contribution in [0, 0.1) is 10.1 Å². The molecule has 1 aromatic rings. The largest absolute Gasteiger partial charge is 0.478 e. The maximum atomic E-state index is 11.4. The van der Waals surface area contributed by atoms with Gasteiger partial charge in [0.2, 0.25) is 0 Å². The number of carboxylic acids is 1.